The van der Waals surface area contributed by atoms with Crippen molar-refractivity contribution in [2.75, 3.05) is 7.05 Å². The third kappa shape index (κ3) is 4.85. The van der Waals surface area contributed by atoms with Crippen molar-refractivity contribution in [1.29, 1.82) is 0 Å². The Hall–Kier alpha value is -2.33. The molecular formula is C21H24F7NO3. The molecule has 0 bridgehead atoms. The van der Waals surface area contributed by atoms with E-state index in [0.29, 0.717) is 24.0 Å². The largest absolute Gasteiger partial charge is 0.444 e. The lowest BCUT2D eigenvalue weighted by Crippen LogP contribution is -2.50. The highest BCUT2D eigenvalue weighted by Crippen LogP contribution is 2.54. The van der Waals surface area contributed by atoms with Crippen molar-refractivity contribution in [1.82, 2.24) is 4.90 Å². The van der Waals surface area contributed by atoms with Crippen LogP contribution in [0.25, 0.3) is 0 Å². The molecule has 0 fully saturated rings. The van der Waals surface area contributed by atoms with Gasteiger partial charge in [-0.3, -0.25) is 0 Å². The molecule has 11 heteroatoms. The van der Waals surface area contributed by atoms with Crippen molar-refractivity contribution < 1.29 is 45.1 Å². The Balaban J connectivity index is 2.48. The van der Waals surface area contributed by atoms with E-state index in [1.54, 1.807) is 20.8 Å². The molecule has 32 heavy (non-hydrogen) atoms. The number of hydrogen-bond donors (Lipinski definition) is 0. The van der Waals surface area contributed by atoms with E-state index in [0.717, 1.165) is 6.07 Å². The van der Waals surface area contributed by atoms with Gasteiger partial charge in [-0.15, -0.1) is 0 Å². The standard InChI is InChI=1S/C21H24F7NO3/c1-18(2,3)32-17(31)29(4)16-8-5-12-11-13(6-7-14(12)15(16)9-10-30)19(22,20(23,24)25)21(26,27)28/h6-7,10-11,15-16H,5,8-9H2,1-4H3/t15-,16?/m0/s1. The quantitative estimate of drug-likeness (QED) is 0.410. The Labute approximate surface area is 180 Å². The Kier molecular flexibility index (Phi) is 6.93. The number of ether oxygens (including phenoxy) is 1. The average molecular weight is 471 g/mol. The Morgan fingerprint density at radius 3 is 2.12 bits per heavy atom. The lowest BCUT2D eigenvalue weighted by Gasteiger charge is -2.39. The number of benzene rings is 1. The number of nitrogens with zero attached hydrogens (tertiary/aromatic N) is 1. The molecular weight excluding hydrogens is 447 g/mol. The van der Waals surface area contributed by atoms with Crippen molar-refractivity contribution in [3.05, 3.63) is 34.9 Å². The van der Waals surface area contributed by atoms with Gasteiger partial charge in [0.25, 0.3) is 0 Å². The van der Waals surface area contributed by atoms with Crippen LogP contribution >= 0.6 is 0 Å². The second-order valence-electron chi connectivity index (χ2n) is 8.77. The molecule has 1 unspecified atom stereocenters. The molecule has 1 aliphatic carbocycles. The highest BCUT2D eigenvalue weighted by molar-refractivity contribution is 5.69. The number of carbonyl (C=O) groups is 2. The molecule has 0 N–H and O–H groups in total. The van der Waals surface area contributed by atoms with Crippen LogP contribution in [0.1, 0.15) is 56.2 Å². The van der Waals surface area contributed by atoms with Gasteiger partial charge < -0.3 is 14.4 Å². The minimum Gasteiger partial charge on any atom is -0.444 e. The second-order valence-corrected chi connectivity index (χ2v) is 8.77. The number of aldehydes is 1. The smallest absolute Gasteiger partial charge is 0.435 e. The fourth-order valence-corrected chi connectivity index (χ4v) is 3.92. The van der Waals surface area contributed by atoms with Crippen molar-refractivity contribution in [2.45, 2.75) is 75.6 Å². The molecule has 0 saturated carbocycles. The first-order chi connectivity index (χ1) is 14.4. The van der Waals surface area contributed by atoms with E-state index in [9.17, 15) is 40.3 Å². The summed E-state index contributed by atoms with van der Waals surface area (Å²) in [6.07, 6.45) is -12.6. The van der Waals surface area contributed by atoms with Gasteiger partial charge in [0.2, 0.25) is 0 Å². The Bertz CT molecular complexity index is 844. The van der Waals surface area contributed by atoms with Gasteiger partial charge in [-0.1, -0.05) is 18.2 Å². The van der Waals surface area contributed by atoms with Crippen LogP contribution in [0.2, 0.25) is 0 Å². The van der Waals surface area contributed by atoms with Gasteiger partial charge >= 0.3 is 24.1 Å². The summed E-state index contributed by atoms with van der Waals surface area (Å²) < 4.78 is 98.4. The molecule has 4 nitrogen and oxygen atoms in total. The third-order valence-electron chi connectivity index (χ3n) is 5.42. The number of aryl methyl sites for hydroxylation is 1. The van der Waals surface area contributed by atoms with Crippen molar-refractivity contribution in [3.8, 4) is 0 Å². The number of fused-ring (bicyclic) bond motifs is 1. The number of halogens is 7. The summed E-state index contributed by atoms with van der Waals surface area (Å²) in [5.74, 6) is -0.700. The summed E-state index contributed by atoms with van der Waals surface area (Å²) in [6, 6.07) is 1.37. The first-order valence-electron chi connectivity index (χ1n) is 9.79. The van der Waals surface area contributed by atoms with Crippen LogP contribution < -0.4 is 0 Å². The summed E-state index contributed by atoms with van der Waals surface area (Å²) in [6.45, 7) is 4.97. The van der Waals surface area contributed by atoms with E-state index in [1.807, 2.05) is 0 Å². The second kappa shape index (κ2) is 8.55. The zero-order valence-corrected chi connectivity index (χ0v) is 17.9. The zero-order chi connectivity index (χ0) is 24.7. The predicted molar refractivity (Wildman–Crippen MR) is 101 cm³/mol. The number of carbonyl (C=O) groups excluding carboxylic acids is 2. The fourth-order valence-electron chi connectivity index (χ4n) is 3.92. The van der Waals surface area contributed by atoms with E-state index in [4.69, 9.17) is 4.74 Å². The predicted octanol–water partition coefficient (Wildman–Crippen LogP) is 5.83. The lowest BCUT2D eigenvalue weighted by molar-refractivity contribution is -0.348. The maximum Gasteiger partial charge on any atom is 0.435 e. The molecule has 1 aromatic carbocycles. The molecule has 0 aliphatic heterocycles. The zero-order valence-electron chi connectivity index (χ0n) is 17.9. The van der Waals surface area contributed by atoms with Gasteiger partial charge in [0.1, 0.15) is 11.9 Å². The van der Waals surface area contributed by atoms with E-state index in [-0.39, 0.29) is 24.8 Å². The van der Waals surface area contributed by atoms with Crippen LogP contribution in [0.4, 0.5) is 35.5 Å². The number of rotatable bonds is 4. The van der Waals surface area contributed by atoms with Gasteiger partial charge in [-0.05, 0) is 44.7 Å². The first kappa shape index (κ1) is 25.9. The molecule has 2 atom stereocenters. The van der Waals surface area contributed by atoms with Crippen LogP contribution in [0.5, 0.6) is 0 Å². The van der Waals surface area contributed by atoms with Crippen LogP contribution in [0.15, 0.2) is 18.2 Å². The molecule has 1 amide bonds. The van der Waals surface area contributed by atoms with Crippen LogP contribution in [-0.2, 0) is 21.6 Å². The molecule has 1 aromatic rings. The Morgan fingerprint density at radius 1 is 1.09 bits per heavy atom. The molecule has 0 heterocycles. The minimum absolute atomic E-state index is 0.0118. The highest BCUT2D eigenvalue weighted by Gasteiger charge is 2.73. The topological polar surface area (TPSA) is 46.6 Å². The van der Waals surface area contributed by atoms with Crippen molar-refractivity contribution in [2.24, 2.45) is 0 Å². The molecule has 180 valence electrons. The van der Waals surface area contributed by atoms with Crippen LogP contribution in [0, 0.1) is 0 Å². The van der Waals surface area contributed by atoms with Gasteiger partial charge in [-0.2, -0.15) is 26.3 Å². The SMILES string of the molecule is CN(C(=O)OC(C)(C)C)C1CCc2cc(C(F)(C(F)(F)F)C(F)(F)F)ccc2[C@@H]1CC=O. The molecule has 0 spiro atoms. The molecule has 0 radical (unpaired) electrons. The van der Waals surface area contributed by atoms with Crippen LogP contribution in [-0.4, -0.2) is 48.3 Å². The number of likely N-dealkylation sites (N-methyl/N-ethyl adjacent to an activating group) is 1. The van der Waals surface area contributed by atoms with Gasteiger partial charge in [-0.25, -0.2) is 9.18 Å². The van der Waals surface area contributed by atoms with Crippen LogP contribution in [0.3, 0.4) is 0 Å². The summed E-state index contributed by atoms with van der Waals surface area (Å²) >= 11 is 0. The van der Waals surface area contributed by atoms with E-state index in [1.165, 1.54) is 11.9 Å². The third-order valence-corrected chi connectivity index (χ3v) is 5.42. The maximum atomic E-state index is 14.4. The normalized spacial score (nSPS) is 19.8. The summed E-state index contributed by atoms with van der Waals surface area (Å²) in [5, 5.41) is 0. The van der Waals surface area contributed by atoms with Gasteiger partial charge in [0.05, 0.1) is 0 Å². The molecule has 0 aromatic heterocycles. The van der Waals surface area contributed by atoms with E-state index < -0.39 is 47.2 Å². The fraction of sp³-hybridized carbons (Fsp3) is 0.619. The monoisotopic (exact) mass is 471 g/mol. The van der Waals surface area contributed by atoms with Crippen molar-refractivity contribution in [3.63, 3.8) is 0 Å². The maximum absolute atomic E-state index is 14.4. The summed E-state index contributed by atoms with van der Waals surface area (Å²) in [4.78, 5) is 25.0. The van der Waals surface area contributed by atoms with E-state index >= 15 is 0 Å². The lowest BCUT2D eigenvalue weighted by atomic mass is 9.75. The molecule has 2 rings (SSSR count). The summed E-state index contributed by atoms with van der Waals surface area (Å²) in [7, 11) is 1.44. The number of alkyl halides is 7. The molecule has 0 saturated heterocycles. The highest BCUT2D eigenvalue weighted by atomic mass is 19.4. The average Bonchev–Trinajstić information content (AvgIpc) is 2.63. The van der Waals surface area contributed by atoms with Crippen molar-refractivity contribution >= 4 is 12.4 Å². The Morgan fingerprint density at radius 2 is 1.66 bits per heavy atom. The van der Waals surface area contributed by atoms with E-state index in [2.05, 4.69) is 0 Å². The first-order valence-corrected chi connectivity index (χ1v) is 9.79. The summed E-state index contributed by atoms with van der Waals surface area (Å²) in [5.41, 5.74) is -7.54. The molecule has 1 aliphatic rings. The minimum atomic E-state index is -6.21. The van der Waals surface area contributed by atoms with Gasteiger partial charge in [0, 0.05) is 31.0 Å². The number of hydrogen-bond acceptors (Lipinski definition) is 3. The number of amides is 1. The van der Waals surface area contributed by atoms with Gasteiger partial charge in [0.15, 0.2) is 0 Å².